The molecule has 2 N–H and O–H groups in total. The third-order valence-electron chi connectivity index (χ3n) is 3.63. The van der Waals surface area contributed by atoms with Crippen molar-refractivity contribution >= 4 is 11.7 Å². The number of para-hydroxylation sites is 2. The molecule has 1 saturated carbocycles. The van der Waals surface area contributed by atoms with E-state index in [1.165, 1.54) is 32.1 Å². The number of amides is 2. The predicted octanol–water partition coefficient (Wildman–Crippen LogP) is 3.40. The van der Waals surface area contributed by atoms with Crippen molar-refractivity contribution in [2.24, 2.45) is 5.92 Å². The number of carbonyl (C=O) groups is 1. The normalized spacial score (nSPS) is 15.8. The highest BCUT2D eigenvalue weighted by Gasteiger charge is 2.14. The Bertz CT molecular complexity index is 414. The molecule has 0 spiro atoms. The Morgan fingerprint density at radius 2 is 2.00 bits per heavy atom. The highest BCUT2D eigenvalue weighted by molar-refractivity contribution is 5.90. The summed E-state index contributed by atoms with van der Waals surface area (Å²) in [4.78, 5) is 11.8. The number of rotatable bonds is 4. The average molecular weight is 262 g/mol. The van der Waals surface area contributed by atoms with Gasteiger partial charge in [-0.3, -0.25) is 0 Å². The first-order valence-electron chi connectivity index (χ1n) is 6.97. The van der Waals surface area contributed by atoms with E-state index in [-0.39, 0.29) is 6.03 Å². The smallest absolute Gasteiger partial charge is 0.319 e. The Labute approximate surface area is 114 Å². The van der Waals surface area contributed by atoms with Gasteiger partial charge in [0.2, 0.25) is 0 Å². The van der Waals surface area contributed by atoms with E-state index >= 15 is 0 Å². The number of benzene rings is 1. The molecular weight excluding hydrogens is 240 g/mol. The lowest BCUT2D eigenvalue weighted by Gasteiger charge is -2.21. The van der Waals surface area contributed by atoms with Crippen molar-refractivity contribution in [3.63, 3.8) is 0 Å². The lowest BCUT2D eigenvalue weighted by molar-refractivity contribution is 0.247. The molecule has 4 nitrogen and oxygen atoms in total. The quantitative estimate of drug-likeness (QED) is 0.873. The van der Waals surface area contributed by atoms with Crippen LogP contribution in [0.2, 0.25) is 0 Å². The first kappa shape index (κ1) is 13.7. The fourth-order valence-electron chi connectivity index (χ4n) is 2.54. The van der Waals surface area contributed by atoms with E-state index in [0.29, 0.717) is 17.4 Å². The van der Waals surface area contributed by atoms with Crippen LogP contribution < -0.4 is 15.4 Å². The van der Waals surface area contributed by atoms with Crippen molar-refractivity contribution in [2.45, 2.75) is 32.1 Å². The monoisotopic (exact) mass is 262 g/mol. The van der Waals surface area contributed by atoms with Crippen LogP contribution >= 0.6 is 0 Å². The largest absolute Gasteiger partial charge is 0.495 e. The second-order valence-electron chi connectivity index (χ2n) is 5.04. The molecular formula is C15H22N2O2. The van der Waals surface area contributed by atoms with Crippen molar-refractivity contribution < 1.29 is 9.53 Å². The van der Waals surface area contributed by atoms with Gasteiger partial charge in [-0.2, -0.15) is 0 Å². The predicted molar refractivity (Wildman–Crippen MR) is 76.6 cm³/mol. The molecule has 104 valence electrons. The summed E-state index contributed by atoms with van der Waals surface area (Å²) in [6.07, 6.45) is 6.38. The van der Waals surface area contributed by atoms with Crippen molar-refractivity contribution in [3.05, 3.63) is 24.3 Å². The molecule has 2 rings (SSSR count). The van der Waals surface area contributed by atoms with E-state index in [2.05, 4.69) is 10.6 Å². The summed E-state index contributed by atoms with van der Waals surface area (Å²) in [5, 5.41) is 5.77. The van der Waals surface area contributed by atoms with Crippen LogP contribution in [0.1, 0.15) is 32.1 Å². The number of urea groups is 1. The van der Waals surface area contributed by atoms with Crippen molar-refractivity contribution in [2.75, 3.05) is 19.0 Å². The molecule has 0 unspecified atom stereocenters. The summed E-state index contributed by atoms with van der Waals surface area (Å²) >= 11 is 0. The zero-order valence-corrected chi connectivity index (χ0v) is 11.4. The maximum atomic E-state index is 11.8. The van der Waals surface area contributed by atoms with Gasteiger partial charge in [-0.15, -0.1) is 0 Å². The second-order valence-corrected chi connectivity index (χ2v) is 5.04. The minimum Gasteiger partial charge on any atom is -0.495 e. The van der Waals surface area contributed by atoms with Gasteiger partial charge in [0, 0.05) is 6.54 Å². The van der Waals surface area contributed by atoms with Crippen molar-refractivity contribution in [3.8, 4) is 5.75 Å². The number of ether oxygens (including phenoxy) is 1. The zero-order chi connectivity index (χ0) is 13.5. The van der Waals surface area contributed by atoms with E-state index < -0.39 is 0 Å². The molecule has 0 saturated heterocycles. The van der Waals surface area contributed by atoms with E-state index in [1.807, 2.05) is 24.3 Å². The summed E-state index contributed by atoms with van der Waals surface area (Å²) < 4.78 is 5.20. The van der Waals surface area contributed by atoms with Crippen molar-refractivity contribution in [1.82, 2.24) is 5.32 Å². The molecule has 1 aliphatic rings. The van der Waals surface area contributed by atoms with Crippen LogP contribution in [-0.2, 0) is 0 Å². The minimum atomic E-state index is -0.157. The van der Waals surface area contributed by atoms with Gasteiger partial charge in [-0.25, -0.2) is 4.79 Å². The summed E-state index contributed by atoms with van der Waals surface area (Å²) in [6, 6.07) is 7.26. The van der Waals surface area contributed by atoms with Crippen LogP contribution in [0, 0.1) is 5.92 Å². The first-order valence-corrected chi connectivity index (χ1v) is 6.97. The third-order valence-corrected chi connectivity index (χ3v) is 3.63. The molecule has 0 aliphatic heterocycles. The maximum Gasteiger partial charge on any atom is 0.319 e. The Balaban J connectivity index is 1.80. The first-order chi connectivity index (χ1) is 9.29. The summed E-state index contributed by atoms with van der Waals surface area (Å²) in [5.74, 6) is 1.31. The Morgan fingerprint density at radius 1 is 1.26 bits per heavy atom. The standard InChI is InChI=1S/C15H22N2O2/c1-19-14-10-6-5-9-13(14)17-15(18)16-11-12-7-3-2-4-8-12/h5-6,9-10,12H,2-4,7-8,11H2,1H3,(H2,16,17,18). The molecule has 0 aromatic heterocycles. The molecule has 1 fully saturated rings. The number of nitrogens with one attached hydrogen (secondary N) is 2. The van der Waals surface area contributed by atoms with Crippen LogP contribution in [0.3, 0.4) is 0 Å². The molecule has 0 radical (unpaired) electrons. The van der Waals surface area contributed by atoms with E-state index in [4.69, 9.17) is 4.74 Å². The molecule has 0 heterocycles. The van der Waals surface area contributed by atoms with E-state index in [0.717, 1.165) is 6.54 Å². The van der Waals surface area contributed by atoms with Gasteiger partial charge in [0.05, 0.1) is 12.8 Å². The second kappa shape index (κ2) is 7.02. The average Bonchev–Trinajstić information content (AvgIpc) is 2.47. The summed E-state index contributed by atoms with van der Waals surface area (Å²) in [5.41, 5.74) is 0.700. The van der Waals surface area contributed by atoms with Crippen LogP contribution in [0.4, 0.5) is 10.5 Å². The fraction of sp³-hybridized carbons (Fsp3) is 0.533. The van der Waals surface area contributed by atoms with Gasteiger partial charge in [0.1, 0.15) is 5.75 Å². The highest BCUT2D eigenvalue weighted by atomic mass is 16.5. The Morgan fingerprint density at radius 3 is 2.74 bits per heavy atom. The molecule has 0 bridgehead atoms. The van der Waals surface area contributed by atoms with Gasteiger partial charge in [-0.1, -0.05) is 31.4 Å². The van der Waals surface area contributed by atoms with Crippen LogP contribution in [-0.4, -0.2) is 19.7 Å². The van der Waals surface area contributed by atoms with Crippen LogP contribution in [0.15, 0.2) is 24.3 Å². The number of hydrogen-bond donors (Lipinski definition) is 2. The van der Waals surface area contributed by atoms with Gasteiger partial charge in [0.25, 0.3) is 0 Å². The van der Waals surface area contributed by atoms with Gasteiger partial charge in [0.15, 0.2) is 0 Å². The topological polar surface area (TPSA) is 50.4 Å². The molecule has 1 aromatic carbocycles. The van der Waals surface area contributed by atoms with E-state index in [9.17, 15) is 4.79 Å². The van der Waals surface area contributed by atoms with Crippen LogP contribution in [0.5, 0.6) is 5.75 Å². The number of carbonyl (C=O) groups excluding carboxylic acids is 1. The molecule has 0 atom stereocenters. The van der Waals surface area contributed by atoms with E-state index in [1.54, 1.807) is 7.11 Å². The number of methoxy groups -OCH3 is 1. The van der Waals surface area contributed by atoms with Gasteiger partial charge >= 0.3 is 6.03 Å². The third kappa shape index (κ3) is 4.16. The Hall–Kier alpha value is -1.71. The van der Waals surface area contributed by atoms with Crippen molar-refractivity contribution in [1.29, 1.82) is 0 Å². The molecule has 1 aromatic rings. The number of anilines is 1. The zero-order valence-electron chi connectivity index (χ0n) is 11.4. The maximum absolute atomic E-state index is 11.8. The molecule has 4 heteroatoms. The van der Waals surface area contributed by atoms with Crippen LogP contribution in [0.25, 0.3) is 0 Å². The molecule has 2 amide bonds. The van der Waals surface area contributed by atoms with Gasteiger partial charge < -0.3 is 15.4 Å². The number of hydrogen-bond acceptors (Lipinski definition) is 2. The lowest BCUT2D eigenvalue weighted by Crippen LogP contribution is -2.33. The summed E-state index contributed by atoms with van der Waals surface area (Å²) in [6.45, 7) is 0.765. The SMILES string of the molecule is COc1ccccc1NC(=O)NCC1CCCCC1. The molecule has 19 heavy (non-hydrogen) atoms. The molecule has 1 aliphatic carbocycles. The fourth-order valence-corrected chi connectivity index (χ4v) is 2.54. The minimum absolute atomic E-state index is 0.157. The lowest BCUT2D eigenvalue weighted by atomic mass is 9.89. The Kier molecular flexibility index (Phi) is 5.07. The highest BCUT2D eigenvalue weighted by Crippen LogP contribution is 2.24. The summed E-state index contributed by atoms with van der Waals surface area (Å²) in [7, 11) is 1.60. The van der Waals surface area contributed by atoms with Gasteiger partial charge in [-0.05, 0) is 30.9 Å².